The van der Waals surface area contributed by atoms with E-state index in [0.717, 1.165) is 10.5 Å². The van der Waals surface area contributed by atoms with Crippen molar-refractivity contribution in [3.8, 4) is 5.75 Å². The van der Waals surface area contributed by atoms with E-state index in [1.807, 2.05) is 51.1 Å². The second-order valence-electron chi connectivity index (χ2n) is 8.17. The number of carbonyl (C=O) groups is 2. The quantitative estimate of drug-likeness (QED) is 0.802. The molecule has 2 atom stereocenters. The molecule has 0 radical (unpaired) electrons. The summed E-state index contributed by atoms with van der Waals surface area (Å²) in [6.45, 7) is 7.47. The van der Waals surface area contributed by atoms with Gasteiger partial charge in [0.1, 0.15) is 18.2 Å². The first kappa shape index (κ1) is 19.9. The molecule has 5 nitrogen and oxygen atoms in total. The van der Waals surface area contributed by atoms with E-state index >= 15 is 0 Å². The molecule has 2 aromatic carbocycles. The van der Waals surface area contributed by atoms with Crippen molar-refractivity contribution < 1.29 is 23.8 Å². The van der Waals surface area contributed by atoms with E-state index in [9.17, 15) is 19.1 Å². The van der Waals surface area contributed by atoms with Crippen molar-refractivity contribution in [2.75, 3.05) is 0 Å². The zero-order valence-electron chi connectivity index (χ0n) is 16.4. The molecule has 2 amide bonds. The maximum absolute atomic E-state index is 14.8. The summed E-state index contributed by atoms with van der Waals surface area (Å²) in [6.07, 6.45) is -1.35. The fourth-order valence-corrected chi connectivity index (χ4v) is 4.07. The topological polar surface area (TPSA) is 66.8 Å². The van der Waals surface area contributed by atoms with Gasteiger partial charge < -0.3 is 9.84 Å². The Labute approximate surface area is 163 Å². The van der Waals surface area contributed by atoms with Gasteiger partial charge in [0.05, 0.1) is 11.6 Å². The zero-order valence-corrected chi connectivity index (χ0v) is 16.4. The van der Waals surface area contributed by atoms with Crippen molar-refractivity contribution in [1.29, 1.82) is 0 Å². The number of ether oxygens (including phenoxy) is 1. The van der Waals surface area contributed by atoms with Crippen LogP contribution in [0.5, 0.6) is 5.75 Å². The van der Waals surface area contributed by atoms with Crippen LogP contribution < -0.4 is 4.74 Å². The molecule has 1 heterocycles. The monoisotopic (exact) mass is 385 g/mol. The molecule has 2 aromatic rings. The standard InChI is InChI=1S/C22H24FNO4/c1-13-17-15(23)10-11-16(28-12-14-8-6-5-7-9-14)18(17)20(25)24(21(26)27)19(13)22(2,3)4/h5-11,13,19H,12H2,1-4H3,(H,26,27). The summed E-state index contributed by atoms with van der Waals surface area (Å²) < 4.78 is 20.6. The van der Waals surface area contributed by atoms with Crippen LogP contribution in [0.2, 0.25) is 0 Å². The lowest BCUT2D eigenvalue weighted by molar-refractivity contribution is 0.0410. The molecule has 148 valence electrons. The molecular weight excluding hydrogens is 361 g/mol. The molecule has 1 aliphatic heterocycles. The van der Waals surface area contributed by atoms with Crippen LogP contribution in [0.25, 0.3) is 0 Å². The Bertz CT molecular complexity index is 905. The van der Waals surface area contributed by atoms with Gasteiger partial charge in [0.25, 0.3) is 5.91 Å². The van der Waals surface area contributed by atoms with Crippen LogP contribution in [0.15, 0.2) is 42.5 Å². The number of imide groups is 1. The van der Waals surface area contributed by atoms with Gasteiger partial charge in [-0.2, -0.15) is 0 Å². The van der Waals surface area contributed by atoms with Gasteiger partial charge in [-0.05, 0) is 23.1 Å². The SMILES string of the molecule is CC1c2c(F)ccc(OCc3ccccc3)c2C(=O)N(C(=O)O)C1C(C)(C)C. The Morgan fingerprint density at radius 3 is 2.39 bits per heavy atom. The summed E-state index contributed by atoms with van der Waals surface area (Å²) in [4.78, 5) is 25.9. The van der Waals surface area contributed by atoms with E-state index in [-0.39, 0.29) is 23.5 Å². The van der Waals surface area contributed by atoms with Crippen molar-refractivity contribution in [1.82, 2.24) is 4.90 Å². The molecule has 0 bridgehead atoms. The maximum Gasteiger partial charge on any atom is 0.414 e. The number of hydrogen-bond donors (Lipinski definition) is 1. The van der Waals surface area contributed by atoms with Gasteiger partial charge in [-0.3, -0.25) is 4.79 Å². The van der Waals surface area contributed by atoms with Crippen molar-refractivity contribution in [2.24, 2.45) is 5.41 Å². The van der Waals surface area contributed by atoms with Crippen LogP contribution in [0.4, 0.5) is 9.18 Å². The minimum absolute atomic E-state index is 0.00803. The van der Waals surface area contributed by atoms with E-state index in [2.05, 4.69) is 0 Å². The molecular formula is C22H24FNO4. The normalized spacial score (nSPS) is 19.3. The Balaban J connectivity index is 2.09. The highest BCUT2D eigenvalue weighted by atomic mass is 19.1. The van der Waals surface area contributed by atoms with E-state index in [4.69, 9.17) is 4.74 Å². The minimum atomic E-state index is -1.35. The average Bonchev–Trinajstić information content (AvgIpc) is 2.62. The lowest BCUT2D eigenvalue weighted by Crippen LogP contribution is -2.55. The predicted molar refractivity (Wildman–Crippen MR) is 103 cm³/mol. The van der Waals surface area contributed by atoms with Gasteiger partial charge in [0, 0.05) is 11.5 Å². The van der Waals surface area contributed by atoms with Gasteiger partial charge in [-0.25, -0.2) is 14.1 Å². The summed E-state index contributed by atoms with van der Waals surface area (Å²) >= 11 is 0. The molecule has 0 saturated carbocycles. The molecule has 2 unspecified atom stereocenters. The Kier molecular flexibility index (Phi) is 5.15. The number of rotatable bonds is 3. The van der Waals surface area contributed by atoms with Crippen molar-refractivity contribution in [3.63, 3.8) is 0 Å². The number of halogens is 1. The van der Waals surface area contributed by atoms with Crippen LogP contribution in [-0.2, 0) is 6.61 Å². The molecule has 3 rings (SSSR count). The third-order valence-electron chi connectivity index (χ3n) is 5.12. The highest BCUT2D eigenvalue weighted by Crippen LogP contribution is 2.45. The second-order valence-corrected chi connectivity index (χ2v) is 8.17. The molecule has 0 aliphatic carbocycles. The molecule has 0 fully saturated rings. The van der Waals surface area contributed by atoms with Gasteiger partial charge >= 0.3 is 6.09 Å². The average molecular weight is 385 g/mol. The van der Waals surface area contributed by atoms with Crippen molar-refractivity contribution in [2.45, 2.75) is 46.3 Å². The largest absolute Gasteiger partial charge is 0.488 e. The summed E-state index contributed by atoms with van der Waals surface area (Å²) in [5, 5.41) is 9.72. The molecule has 28 heavy (non-hydrogen) atoms. The smallest absolute Gasteiger partial charge is 0.414 e. The van der Waals surface area contributed by atoms with Gasteiger partial charge in [-0.15, -0.1) is 0 Å². The first-order valence-electron chi connectivity index (χ1n) is 9.18. The highest BCUT2D eigenvalue weighted by Gasteiger charge is 2.48. The summed E-state index contributed by atoms with van der Waals surface area (Å²) in [5.41, 5.74) is 0.539. The minimum Gasteiger partial charge on any atom is -0.488 e. The number of hydrogen-bond acceptors (Lipinski definition) is 3. The fraction of sp³-hybridized carbons (Fsp3) is 0.364. The fourth-order valence-electron chi connectivity index (χ4n) is 4.07. The Morgan fingerprint density at radius 1 is 1.18 bits per heavy atom. The zero-order chi connectivity index (χ0) is 20.6. The summed E-state index contributed by atoms with van der Waals surface area (Å²) in [6, 6.07) is 11.3. The molecule has 6 heteroatoms. The van der Waals surface area contributed by atoms with Crippen LogP contribution in [0, 0.1) is 11.2 Å². The highest BCUT2D eigenvalue weighted by molar-refractivity contribution is 6.07. The molecule has 0 saturated heterocycles. The third-order valence-corrected chi connectivity index (χ3v) is 5.12. The van der Waals surface area contributed by atoms with Gasteiger partial charge in [0.15, 0.2) is 0 Å². The summed E-state index contributed by atoms with van der Waals surface area (Å²) in [5.74, 6) is -1.59. The first-order chi connectivity index (χ1) is 13.1. The predicted octanol–water partition coefficient (Wildman–Crippen LogP) is 5.06. The van der Waals surface area contributed by atoms with E-state index in [1.54, 1.807) is 6.92 Å². The number of carbonyl (C=O) groups excluding carboxylic acids is 1. The third kappa shape index (κ3) is 3.46. The number of nitrogens with zero attached hydrogens (tertiary/aromatic N) is 1. The lowest BCUT2D eigenvalue weighted by Gasteiger charge is -2.45. The van der Waals surface area contributed by atoms with E-state index in [0.29, 0.717) is 0 Å². The van der Waals surface area contributed by atoms with Crippen LogP contribution in [-0.4, -0.2) is 28.0 Å². The van der Waals surface area contributed by atoms with Crippen molar-refractivity contribution >= 4 is 12.0 Å². The van der Waals surface area contributed by atoms with Crippen LogP contribution in [0.1, 0.15) is 55.1 Å². The summed E-state index contributed by atoms with van der Waals surface area (Å²) in [7, 11) is 0. The number of fused-ring (bicyclic) bond motifs is 1. The molecule has 1 aliphatic rings. The van der Waals surface area contributed by atoms with Gasteiger partial charge in [0.2, 0.25) is 0 Å². The number of carboxylic acid groups (broad SMARTS) is 1. The molecule has 1 N–H and O–H groups in total. The molecule has 0 spiro atoms. The van der Waals surface area contributed by atoms with E-state index < -0.39 is 35.2 Å². The molecule has 0 aromatic heterocycles. The van der Waals surface area contributed by atoms with Crippen molar-refractivity contribution in [3.05, 3.63) is 65.0 Å². The number of benzene rings is 2. The first-order valence-corrected chi connectivity index (χ1v) is 9.18. The van der Waals surface area contributed by atoms with Crippen LogP contribution in [0.3, 0.4) is 0 Å². The lowest BCUT2D eigenvalue weighted by atomic mass is 9.72. The maximum atomic E-state index is 14.8. The Hall–Kier alpha value is -2.89. The van der Waals surface area contributed by atoms with Gasteiger partial charge in [-0.1, -0.05) is 58.0 Å². The van der Waals surface area contributed by atoms with E-state index in [1.165, 1.54) is 12.1 Å². The number of amides is 2. The van der Waals surface area contributed by atoms with Crippen LogP contribution >= 0.6 is 0 Å². The second kappa shape index (κ2) is 7.26. The Morgan fingerprint density at radius 2 is 1.82 bits per heavy atom.